The van der Waals surface area contributed by atoms with Gasteiger partial charge in [-0.25, -0.2) is 9.78 Å². The molecule has 2 N–H and O–H groups in total. The van der Waals surface area contributed by atoms with E-state index in [1.165, 1.54) is 29.6 Å². The van der Waals surface area contributed by atoms with E-state index in [0.29, 0.717) is 34.3 Å². The van der Waals surface area contributed by atoms with E-state index in [1.807, 2.05) is 5.38 Å². The third-order valence-corrected chi connectivity index (χ3v) is 5.99. The summed E-state index contributed by atoms with van der Waals surface area (Å²) < 4.78 is 10.1. The molecule has 3 rings (SSSR count). The van der Waals surface area contributed by atoms with E-state index in [2.05, 4.69) is 48.2 Å². The second-order valence-electron chi connectivity index (χ2n) is 7.50. The number of rotatable bonds is 7. The monoisotopic (exact) mass is 441 g/mol. The largest absolute Gasteiger partial charge is 0.460 e. The predicted octanol–water partition coefficient (Wildman–Crippen LogP) is 4.74. The minimum Gasteiger partial charge on any atom is -0.460 e. The van der Waals surface area contributed by atoms with Crippen LogP contribution in [0.2, 0.25) is 0 Å². The van der Waals surface area contributed by atoms with Gasteiger partial charge in [-0.1, -0.05) is 6.07 Å². The van der Waals surface area contributed by atoms with Crippen molar-refractivity contribution in [1.29, 1.82) is 0 Å². The average Bonchev–Trinajstić information content (AvgIpc) is 3.28. The third kappa shape index (κ3) is 4.86. The molecule has 0 aliphatic carbocycles. The molecule has 164 valence electrons. The van der Waals surface area contributed by atoms with Gasteiger partial charge in [0, 0.05) is 23.7 Å². The molecule has 0 saturated heterocycles. The van der Waals surface area contributed by atoms with Crippen LogP contribution in [0, 0.1) is 34.6 Å². The maximum absolute atomic E-state index is 12.8. The van der Waals surface area contributed by atoms with E-state index in [0.717, 1.165) is 16.8 Å². The Labute approximate surface area is 185 Å². The molecular weight excluding hydrogens is 414 g/mol. The van der Waals surface area contributed by atoms with Crippen molar-refractivity contribution in [2.75, 3.05) is 25.6 Å². The van der Waals surface area contributed by atoms with Crippen molar-refractivity contribution < 1.29 is 19.1 Å². The van der Waals surface area contributed by atoms with Crippen LogP contribution in [0.1, 0.15) is 48.8 Å². The molecule has 1 aromatic carbocycles. The number of aromatic nitrogens is 2. The molecule has 2 heterocycles. The molecule has 0 bridgehead atoms. The minimum absolute atomic E-state index is 0.153. The van der Waals surface area contributed by atoms with Crippen molar-refractivity contribution in [1.82, 2.24) is 9.97 Å². The molecule has 0 radical (unpaired) electrons. The maximum atomic E-state index is 12.8. The Morgan fingerprint density at radius 1 is 1.06 bits per heavy atom. The first kappa shape index (κ1) is 22.7. The molecule has 0 atom stereocenters. The summed E-state index contributed by atoms with van der Waals surface area (Å²) >= 11 is 1.36. The van der Waals surface area contributed by atoms with Gasteiger partial charge in [0.25, 0.3) is 5.91 Å². The van der Waals surface area contributed by atoms with Crippen LogP contribution in [0.4, 0.5) is 5.13 Å². The number of methoxy groups -OCH3 is 1. The van der Waals surface area contributed by atoms with Gasteiger partial charge >= 0.3 is 5.97 Å². The van der Waals surface area contributed by atoms with E-state index < -0.39 is 5.97 Å². The van der Waals surface area contributed by atoms with E-state index in [1.54, 1.807) is 13.8 Å². The van der Waals surface area contributed by atoms with Crippen molar-refractivity contribution in [2.45, 2.75) is 34.6 Å². The summed E-state index contributed by atoms with van der Waals surface area (Å²) in [6, 6.07) is 4.26. The van der Waals surface area contributed by atoms with E-state index in [-0.39, 0.29) is 12.5 Å². The Kier molecular flexibility index (Phi) is 6.92. The zero-order chi connectivity index (χ0) is 22.7. The number of ether oxygens (including phenoxy) is 2. The van der Waals surface area contributed by atoms with E-state index >= 15 is 0 Å². The Morgan fingerprint density at radius 3 is 2.48 bits per heavy atom. The molecule has 31 heavy (non-hydrogen) atoms. The molecule has 0 aliphatic heterocycles. The number of aromatic amines is 1. The fourth-order valence-electron chi connectivity index (χ4n) is 3.42. The molecule has 7 nitrogen and oxygen atoms in total. The van der Waals surface area contributed by atoms with Crippen LogP contribution in [-0.2, 0) is 9.47 Å². The zero-order valence-corrected chi connectivity index (χ0v) is 19.5. The highest BCUT2D eigenvalue weighted by atomic mass is 32.1. The van der Waals surface area contributed by atoms with Crippen LogP contribution in [0.15, 0.2) is 17.5 Å². The number of nitrogens with one attached hydrogen (secondary N) is 2. The fourth-order valence-corrected chi connectivity index (χ4v) is 4.13. The predicted molar refractivity (Wildman–Crippen MR) is 122 cm³/mol. The van der Waals surface area contributed by atoms with E-state index in [9.17, 15) is 9.59 Å². The summed E-state index contributed by atoms with van der Waals surface area (Å²) in [4.78, 5) is 32.8. The molecule has 0 fully saturated rings. The zero-order valence-electron chi connectivity index (χ0n) is 18.6. The first-order valence-electron chi connectivity index (χ1n) is 9.93. The number of hydrogen-bond donors (Lipinski definition) is 2. The number of benzene rings is 1. The topological polar surface area (TPSA) is 93.3 Å². The summed E-state index contributed by atoms with van der Waals surface area (Å²) in [5.41, 5.74) is 7.24. The van der Waals surface area contributed by atoms with Crippen LogP contribution in [0.3, 0.4) is 0 Å². The number of hydrogen-bond acceptors (Lipinski definition) is 6. The van der Waals surface area contributed by atoms with E-state index in [4.69, 9.17) is 9.47 Å². The summed E-state index contributed by atoms with van der Waals surface area (Å²) in [5.74, 6) is -0.835. The molecular formula is C23H27N3O4S. The van der Waals surface area contributed by atoms with Crippen molar-refractivity contribution >= 4 is 28.3 Å². The number of aryl methyl sites for hydroxylation is 4. The highest BCUT2D eigenvalue weighted by Crippen LogP contribution is 2.30. The first-order chi connectivity index (χ1) is 14.7. The number of carbonyl (C=O) groups excluding carboxylic acids is 2. The normalized spacial score (nSPS) is 10.9. The lowest BCUT2D eigenvalue weighted by Crippen LogP contribution is -2.14. The number of anilines is 1. The smallest absolute Gasteiger partial charge is 0.340 e. The van der Waals surface area contributed by atoms with Crippen LogP contribution < -0.4 is 5.32 Å². The van der Waals surface area contributed by atoms with Crippen LogP contribution in [0.25, 0.3) is 11.3 Å². The van der Waals surface area contributed by atoms with Gasteiger partial charge in [-0.2, -0.15) is 0 Å². The number of amides is 1. The maximum Gasteiger partial charge on any atom is 0.340 e. The molecule has 0 unspecified atom stereocenters. The molecule has 1 amide bonds. The second kappa shape index (κ2) is 9.45. The van der Waals surface area contributed by atoms with Crippen LogP contribution in [-0.4, -0.2) is 42.2 Å². The molecule has 0 spiro atoms. The lowest BCUT2D eigenvalue weighted by Gasteiger charge is -2.07. The van der Waals surface area contributed by atoms with Gasteiger partial charge in [-0.15, -0.1) is 11.3 Å². The standard InChI is InChI=1S/C23H27N3O4S/c1-12-9-14(3)17(10-13(12)2)18-11-31-23(25-18)26-21(27)20-15(4)19(16(5)24-20)22(28)30-8-7-29-6/h9-11,24H,7-8H2,1-6H3,(H,25,26,27). The van der Waals surface area contributed by atoms with Crippen molar-refractivity contribution in [3.05, 3.63) is 56.7 Å². The Hall–Kier alpha value is -2.97. The molecule has 0 saturated carbocycles. The van der Waals surface area contributed by atoms with Crippen molar-refractivity contribution in [2.24, 2.45) is 0 Å². The summed E-state index contributed by atoms with van der Waals surface area (Å²) in [5, 5.41) is 5.25. The third-order valence-electron chi connectivity index (χ3n) is 5.23. The lowest BCUT2D eigenvalue weighted by atomic mass is 9.99. The SMILES string of the molecule is COCCOC(=O)c1c(C)[nH]c(C(=O)Nc2nc(-c3cc(C)c(C)cc3C)cs2)c1C. The van der Waals surface area contributed by atoms with Gasteiger partial charge in [0.2, 0.25) is 0 Å². The second-order valence-corrected chi connectivity index (χ2v) is 8.36. The summed E-state index contributed by atoms with van der Waals surface area (Å²) in [6.07, 6.45) is 0. The number of carbonyl (C=O) groups is 2. The average molecular weight is 442 g/mol. The molecule has 0 aliphatic rings. The molecule has 2 aromatic heterocycles. The minimum atomic E-state index is -0.482. The number of H-pyrrole nitrogens is 1. The van der Waals surface area contributed by atoms with Gasteiger partial charge in [0.05, 0.1) is 17.9 Å². The Morgan fingerprint density at radius 2 is 1.77 bits per heavy atom. The van der Waals surface area contributed by atoms with Gasteiger partial charge in [0.15, 0.2) is 5.13 Å². The summed E-state index contributed by atoms with van der Waals surface area (Å²) in [7, 11) is 1.54. The first-order valence-corrected chi connectivity index (χ1v) is 10.8. The van der Waals surface area contributed by atoms with Gasteiger partial charge < -0.3 is 14.5 Å². The molecule has 8 heteroatoms. The van der Waals surface area contributed by atoms with Crippen molar-refractivity contribution in [3.63, 3.8) is 0 Å². The lowest BCUT2D eigenvalue weighted by molar-refractivity contribution is 0.0387. The van der Waals surface area contributed by atoms with Gasteiger partial charge in [-0.05, 0) is 62.9 Å². The Balaban J connectivity index is 1.78. The number of thiazole rings is 1. The van der Waals surface area contributed by atoms with Crippen LogP contribution >= 0.6 is 11.3 Å². The van der Waals surface area contributed by atoms with Gasteiger partial charge in [-0.3, -0.25) is 10.1 Å². The highest BCUT2D eigenvalue weighted by molar-refractivity contribution is 7.14. The number of esters is 1. The quantitative estimate of drug-likeness (QED) is 0.408. The highest BCUT2D eigenvalue weighted by Gasteiger charge is 2.23. The van der Waals surface area contributed by atoms with Gasteiger partial charge in [0.1, 0.15) is 12.3 Å². The fraction of sp³-hybridized carbons (Fsp3) is 0.348. The number of nitrogens with zero attached hydrogens (tertiary/aromatic N) is 1. The molecule has 3 aromatic rings. The van der Waals surface area contributed by atoms with Crippen LogP contribution in [0.5, 0.6) is 0 Å². The Bertz CT molecular complexity index is 1130. The summed E-state index contributed by atoms with van der Waals surface area (Å²) in [6.45, 7) is 10.1. The van der Waals surface area contributed by atoms with Crippen molar-refractivity contribution in [3.8, 4) is 11.3 Å².